The molecule has 23 heavy (non-hydrogen) atoms. The van der Waals surface area contributed by atoms with Crippen LogP contribution in [0.4, 0.5) is 11.4 Å². The second-order valence-corrected chi connectivity index (χ2v) is 5.19. The molecule has 0 saturated heterocycles. The molecule has 116 valence electrons. The third-order valence-corrected chi connectivity index (χ3v) is 3.46. The van der Waals surface area contributed by atoms with Crippen molar-refractivity contribution in [3.8, 4) is 28.4 Å². The highest BCUT2D eigenvalue weighted by molar-refractivity contribution is 5.65. The average molecular weight is 306 g/mol. The molecule has 0 aromatic heterocycles. The minimum absolute atomic E-state index is 0.579. The lowest BCUT2D eigenvalue weighted by Crippen LogP contribution is -1.92. The molecule has 0 amide bonds. The molecule has 0 unspecified atom stereocenters. The van der Waals surface area contributed by atoms with Crippen LogP contribution in [0.5, 0.6) is 17.2 Å². The van der Waals surface area contributed by atoms with E-state index in [9.17, 15) is 0 Å². The monoisotopic (exact) mass is 306 g/mol. The number of anilines is 2. The van der Waals surface area contributed by atoms with Gasteiger partial charge in [0.25, 0.3) is 0 Å². The van der Waals surface area contributed by atoms with Gasteiger partial charge in [-0.2, -0.15) is 0 Å². The number of ether oxygens (including phenoxy) is 2. The van der Waals surface area contributed by atoms with Gasteiger partial charge in [0.1, 0.15) is 17.2 Å². The summed E-state index contributed by atoms with van der Waals surface area (Å²) in [7, 11) is 1.66. The lowest BCUT2D eigenvalue weighted by Gasteiger charge is -2.09. The van der Waals surface area contributed by atoms with Gasteiger partial charge in [0.2, 0.25) is 0 Å². The maximum atomic E-state index is 5.79. The van der Waals surface area contributed by atoms with Crippen molar-refractivity contribution in [2.24, 2.45) is 0 Å². The van der Waals surface area contributed by atoms with Crippen molar-refractivity contribution < 1.29 is 9.47 Å². The quantitative estimate of drug-likeness (QED) is 0.704. The Labute approximate surface area is 135 Å². The Morgan fingerprint density at radius 3 is 1.57 bits per heavy atom. The lowest BCUT2D eigenvalue weighted by atomic mass is 10.1. The van der Waals surface area contributed by atoms with E-state index >= 15 is 0 Å². The predicted molar refractivity (Wildman–Crippen MR) is 93.8 cm³/mol. The van der Waals surface area contributed by atoms with Gasteiger partial charge in [0.15, 0.2) is 0 Å². The zero-order valence-electron chi connectivity index (χ0n) is 12.8. The van der Waals surface area contributed by atoms with E-state index in [0.717, 1.165) is 22.6 Å². The van der Waals surface area contributed by atoms with Crippen molar-refractivity contribution in [3.05, 3.63) is 66.7 Å². The Morgan fingerprint density at radius 1 is 0.609 bits per heavy atom. The summed E-state index contributed by atoms with van der Waals surface area (Å²) < 4.78 is 11.0. The summed E-state index contributed by atoms with van der Waals surface area (Å²) >= 11 is 0. The van der Waals surface area contributed by atoms with Crippen LogP contribution in [0.3, 0.4) is 0 Å². The molecule has 0 fully saturated rings. The van der Waals surface area contributed by atoms with Crippen LogP contribution in [-0.4, -0.2) is 7.11 Å². The highest BCUT2D eigenvalue weighted by Gasteiger charge is 2.02. The molecule has 4 nitrogen and oxygen atoms in total. The number of benzene rings is 3. The Hall–Kier alpha value is -3.14. The van der Waals surface area contributed by atoms with E-state index in [1.807, 2.05) is 48.5 Å². The zero-order valence-corrected chi connectivity index (χ0v) is 12.8. The number of hydrogen-bond donors (Lipinski definition) is 2. The zero-order chi connectivity index (χ0) is 16.2. The fourth-order valence-electron chi connectivity index (χ4n) is 2.34. The largest absolute Gasteiger partial charge is 0.497 e. The van der Waals surface area contributed by atoms with Gasteiger partial charge in [0, 0.05) is 23.5 Å². The summed E-state index contributed by atoms with van der Waals surface area (Å²) in [5, 5.41) is 0. The molecule has 4 heteroatoms. The molecule has 3 aromatic rings. The van der Waals surface area contributed by atoms with Crippen LogP contribution in [0.1, 0.15) is 0 Å². The Balaban J connectivity index is 1.78. The van der Waals surface area contributed by atoms with Crippen LogP contribution in [-0.2, 0) is 0 Å². The molecule has 0 atom stereocenters. The van der Waals surface area contributed by atoms with Gasteiger partial charge in [-0.15, -0.1) is 0 Å². The first-order valence-electron chi connectivity index (χ1n) is 7.22. The first-order chi connectivity index (χ1) is 11.1. The molecule has 0 saturated carbocycles. The number of nitrogen functional groups attached to an aromatic ring is 2. The second kappa shape index (κ2) is 6.32. The molecule has 0 radical (unpaired) electrons. The van der Waals surface area contributed by atoms with E-state index in [1.54, 1.807) is 25.3 Å². The average Bonchev–Trinajstić information content (AvgIpc) is 2.55. The lowest BCUT2D eigenvalue weighted by molar-refractivity contribution is 0.415. The van der Waals surface area contributed by atoms with Crippen LogP contribution in [0.15, 0.2) is 66.7 Å². The van der Waals surface area contributed by atoms with Gasteiger partial charge in [-0.3, -0.25) is 0 Å². The van der Waals surface area contributed by atoms with Crippen molar-refractivity contribution in [1.82, 2.24) is 0 Å². The minimum Gasteiger partial charge on any atom is -0.497 e. The van der Waals surface area contributed by atoms with Gasteiger partial charge >= 0.3 is 0 Å². The third-order valence-electron chi connectivity index (χ3n) is 3.46. The summed E-state index contributed by atoms with van der Waals surface area (Å²) in [6, 6.07) is 20.9. The molecule has 0 heterocycles. The van der Waals surface area contributed by atoms with E-state index in [2.05, 4.69) is 0 Å². The topological polar surface area (TPSA) is 70.5 Å². The van der Waals surface area contributed by atoms with E-state index in [1.165, 1.54) is 0 Å². The summed E-state index contributed by atoms with van der Waals surface area (Å²) in [5.74, 6) is 2.19. The SMILES string of the molecule is COc1ccc(-c2ccc(Oc3cc(N)cc(N)c3)cc2)cc1. The van der Waals surface area contributed by atoms with Gasteiger partial charge < -0.3 is 20.9 Å². The van der Waals surface area contributed by atoms with Crippen LogP contribution in [0.2, 0.25) is 0 Å². The van der Waals surface area contributed by atoms with Crippen LogP contribution in [0.25, 0.3) is 11.1 Å². The summed E-state index contributed by atoms with van der Waals surface area (Å²) in [6.07, 6.45) is 0. The third kappa shape index (κ3) is 3.55. The van der Waals surface area contributed by atoms with Crippen LogP contribution in [0, 0.1) is 0 Å². The molecular weight excluding hydrogens is 288 g/mol. The van der Waals surface area contributed by atoms with Crippen molar-refractivity contribution in [3.63, 3.8) is 0 Å². The number of rotatable bonds is 4. The molecule has 3 rings (SSSR count). The smallest absolute Gasteiger partial charge is 0.131 e. The van der Waals surface area contributed by atoms with E-state index in [0.29, 0.717) is 17.1 Å². The normalized spacial score (nSPS) is 10.3. The summed E-state index contributed by atoms with van der Waals surface area (Å²) in [5.41, 5.74) is 14.9. The number of hydrogen-bond acceptors (Lipinski definition) is 4. The first kappa shape index (κ1) is 14.8. The predicted octanol–water partition coefficient (Wildman–Crippen LogP) is 4.32. The summed E-state index contributed by atoms with van der Waals surface area (Å²) in [6.45, 7) is 0. The molecule has 0 aliphatic rings. The number of nitrogens with two attached hydrogens (primary N) is 2. The number of methoxy groups -OCH3 is 1. The molecule has 0 bridgehead atoms. The Bertz CT molecular complexity index is 776. The standard InChI is InChI=1S/C19H18N2O2/c1-22-17-6-2-13(3-7-17)14-4-8-18(9-5-14)23-19-11-15(20)10-16(21)12-19/h2-12H,20-21H2,1H3. The Morgan fingerprint density at radius 2 is 1.09 bits per heavy atom. The van der Waals surface area contributed by atoms with Crippen molar-refractivity contribution in [1.29, 1.82) is 0 Å². The summed E-state index contributed by atoms with van der Waals surface area (Å²) in [4.78, 5) is 0. The molecular formula is C19H18N2O2. The van der Waals surface area contributed by atoms with Gasteiger partial charge in [-0.05, 0) is 41.5 Å². The fraction of sp³-hybridized carbons (Fsp3) is 0.0526. The molecule has 0 aliphatic heterocycles. The van der Waals surface area contributed by atoms with Crippen LogP contribution >= 0.6 is 0 Å². The molecule has 0 aliphatic carbocycles. The second-order valence-electron chi connectivity index (χ2n) is 5.19. The maximum Gasteiger partial charge on any atom is 0.131 e. The highest BCUT2D eigenvalue weighted by atomic mass is 16.5. The molecule has 4 N–H and O–H groups in total. The van der Waals surface area contributed by atoms with Crippen LogP contribution < -0.4 is 20.9 Å². The minimum atomic E-state index is 0.579. The van der Waals surface area contributed by atoms with Gasteiger partial charge in [-0.25, -0.2) is 0 Å². The molecule has 0 spiro atoms. The van der Waals surface area contributed by atoms with Crippen molar-refractivity contribution in [2.75, 3.05) is 18.6 Å². The van der Waals surface area contributed by atoms with Crippen molar-refractivity contribution in [2.45, 2.75) is 0 Å². The van der Waals surface area contributed by atoms with Gasteiger partial charge in [-0.1, -0.05) is 24.3 Å². The fourth-order valence-corrected chi connectivity index (χ4v) is 2.34. The van der Waals surface area contributed by atoms with E-state index in [-0.39, 0.29) is 0 Å². The van der Waals surface area contributed by atoms with Gasteiger partial charge in [0.05, 0.1) is 7.11 Å². The van der Waals surface area contributed by atoms with E-state index in [4.69, 9.17) is 20.9 Å². The van der Waals surface area contributed by atoms with E-state index < -0.39 is 0 Å². The maximum absolute atomic E-state index is 5.79. The van der Waals surface area contributed by atoms with Crippen molar-refractivity contribution >= 4 is 11.4 Å². The Kier molecular flexibility index (Phi) is 4.06. The first-order valence-corrected chi connectivity index (χ1v) is 7.22. The molecule has 3 aromatic carbocycles. The highest BCUT2D eigenvalue weighted by Crippen LogP contribution is 2.29.